The second-order valence-corrected chi connectivity index (χ2v) is 5.29. The van der Waals surface area contributed by atoms with Gasteiger partial charge < -0.3 is 15.5 Å². The molecule has 0 bridgehead atoms. The quantitative estimate of drug-likeness (QED) is 0.452. The fourth-order valence-corrected chi connectivity index (χ4v) is 2.23. The van der Waals surface area contributed by atoms with E-state index in [2.05, 4.69) is 10.4 Å². The van der Waals surface area contributed by atoms with Gasteiger partial charge in [-0.15, -0.1) is 0 Å². The van der Waals surface area contributed by atoms with Crippen LogP contribution in [0, 0.1) is 24.0 Å². The van der Waals surface area contributed by atoms with E-state index in [-0.39, 0.29) is 24.9 Å². The van der Waals surface area contributed by atoms with Crippen LogP contribution in [0.4, 0.5) is 5.69 Å². The summed E-state index contributed by atoms with van der Waals surface area (Å²) in [7, 11) is 0. The number of hydrogen-bond acceptors (Lipinski definition) is 6. The van der Waals surface area contributed by atoms with Crippen LogP contribution in [0.1, 0.15) is 31.2 Å². The van der Waals surface area contributed by atoms with Gasteiger partial charge in [-0.25, -0.2) is 0 Å². The predicted molar refractivity (Wildman–Crippen MR) is 78.1 cm³/mol. The molecule has 0 saturated heterocycles. The summed E-state index contributed by atoms with van der Waals surface area (Å²) in [4.78, 5) is 10.5. The Kier molecular flexibility index (Phi) is 6.73. The molecule has 0 fully saturated rings. The molecule has 2 atom stereocenters. The Labute approximate surface area is 123 Å². The molecule has 21 heavy (non-hydrogen) atoms. The highest BCUT2D eigenvalue weighted by Gasteiger charge is 2.22. The molecule has 3 N–H and O–H groups in total. The average molecular weight is 300 g/mol. The summed E-state index contributed by atoms with van der Waals surface area (Å²) in [6.45, 7) is 5.94. The molecule has 0 aliphatic rings. The smallest absolute Gasteiger partial charge is 0.312 e. The summed E-state index contributed by atoms with van der Waals surface area (Å²) in [5, 5.41) is 36.9. The zero-order valence-electron chi connectivity index (χ0n) is 12.7. The maximum Gasteiger partial charge on any atom is 0.312 e. The molecule has 0 aliphatic heterocycles. The molecule has 8 nitrogen and oxygen atoms in total. The molecule has 1 aromatic heterocycles. The van der Waals surface area contributed by atoms with Crippen molar-refractivity contribution in [3.8, 4) is 0 Å². The van der Waals surface area contributed by atoms with Gasteiger partial charge in [0.25, 0.3) is 0 Å². The van der Waals surface area contributed by atoms with Gasteiger partial charge in [-0.05, 0) is 33.6 Å². The van der Waals surface area contributed by atoms with Gasteiger partial charge in [-0.2, -0.15) is 5.10 Å². The maximum atomic E-state index is 10.9. The number of nitrogens with one attached hydrogen (secondary N) is 1. The van der Waals surface area contributed by atoms with E-state index in [1.54, 1.807) is 13.8 Å². The van der Waals surface area contributed by atoms with Gasteiger partial charge in [0.15, 0.2) is 0 Å². The molecular formula is C13H24N4O4. The van der Waals surface area contributed by atoms with Crippen LogP contribution < -0.4 is 5.32 Å². The lowest BCUT2D eigenvalue weighted by molar-refractivity contribution is -0.386. The van der Waals surface area contributed by atoms with Crippen LogP contribution in [0.5, 0.6) is 0 Å². The van der Waals surface area contributed by atoms with Crippen LogP contribution in [0.15, 0.2) is 0 Å². The van der Waals surface area contributed by atoms with E-state index in [1.165, 1.54) is 4.68 Å². The van der Waals surface area contributed by atoms with Crippen molar-refractivity contribution in [2.75, 3.05) is 13.2 Å². The molecule has 0 spiro atoms. The van der Waals surface area contributed by atoms with Gasteiger partial charge in [0.2, 0.25) is 0 Å². The van der Waals surface area contributed by atoms with E-state index in [9.17, 15) is 15.2 Å². The number of hydrogen-bond donors (Lipinski definition) is 3. The van der Waals surface area contributed by atoms with Crippen molar-refractivity contribution in [2.45, 2.75) is 52.3 Å². The Balaban J connectivity index is 2.54. The first-order valence-corrected chi connectivity index (χ1v) is 7.07. The van der Waals surface area contributed by atoms with Crippen molar-refractivity contribution >= 4 is 5.69 Å². The first-order chi connectivity index (χ1) is 9.86. The third kappa shape index (κ3) is 5.07. The van der Waals surface area contributed by atoms with Crippen LogP contribution >= 0.6 is 0 Å². The number of aryl methyl sites for hydroxylation is 1. The fourth-order valence-electron chi connectivity index (χ4n) is 2.23. The van der Waals surface area contributed by atoms with E-state index in [1.807, 2.05) is 6.92 Å². The topological polar surface area (TPSA) is 113 Å². The number of aliphatic hydroxyl groups is 2. The van der Waals surface area contributed by atoms with Gasteiger partial charge >= 0.3 is 5.69 Å². The van der Waals surface area contributed by atoms with Crippen LogP contribution in [0.3, 0.4) is 0 Å². The van der Waals surface area contributed by atoms with Gasteiger partial charge in [-0.3, -0.25) is 14.8 Å². The molecule has 0 radical (unpaired) electrons. The molecule has 1 aromatic rings. The molecule has 0 amide bonds. The Hall–Kier alpha value is -1.51. The molecule has 1 heterocycles. The number of nitrogens with zero attached hydrogens (tertiary/aromatic N) is 3. The molecule has 2 unspecified atom stereocenters. The van der Waals surface area contributed by atoms with E-state index in [0.29, 0.717) is 24.4 Å². The molecule has 0 saturated carbocycles. The molecule has 1 rings (SSSR count). The van der Waals surface area contributed by atoms with E-state index in [4.69, 9.17) is 5.11 Å². The van der Waals surface area contributed by atoms with Crippen LogP contribution in [-0.4, -0.2) is 50.2 Å². The van der Waals surface area contributed by atoms with E-state index in [0.717, 1.165) is 6.42 Å². The summed E-state index contributed by atoms with van der Waals surface area (Å²) in [5.74, 6) is 0. The molecule has 120 valence electrons. The summed E-state index contributed by atoms with van der Waals surface area (Å²) < 4.78 is 1.47. The van der Waals surface area contributed by atoms with Gasteiger partial charge in [-0.1, -0.05) is 0 Å². The average Bonchev–Trinajstić information content (AvgIpc) is 2.68. The number of nitro groups is 1. The monoisotopic (exact) mass is 300 g/mol. The highest BCUT2D eigenvalue weighted by Crippen LogP contribution is 2.21. The van der Waals surface area contributed by atoms with Gasteiger partial charge in [0, 0.05) is 19.2 Å². The Bertz CT molecular complexity index is 475. The minimum atomic E-state index is -0.681. The minimum absolute atomic E-state index is 0.00599. The van der Waals surface area contributed by atoms with Crippen molar-refractivity contribution in [2.24, 2.45) is 0 Å². The summed E-state index contributed by atoms with van der Waals surface area (Å²) in [6, 6.07) is 0.196. The standard InChI is InChI=1S/C13H24N4O4/c1-9(5-4-6-18)14-7-12(19)8-16-11(3)13(17(20)21)10(2)15-16/h9,12,14,18-19H,4-8H2,1-3H3. The Morgan fingerprint density at radius 3 is 2.67 bits per heavy atom. The molecular weight excluding hydrogens is 276 g/mol. The SMILES string of the molecule is Cc1nn(CC(O)CNC(C)CCCO)c(C)c1[N+](=O)[O-]. The third-order valence-corrected chi connectivity index (χ3v) is 3.41. The van der Waals surface area contributed by atoms with Crippen molar-refractivity contribution in [1.29, 1.82) is 0 Å². The second kappa shape index (κ2) is 8.06. The van der Waals surface area contributed by atoms with Crippen LogP contribution in [0.2, 0.25) is 0 Å². The number of aliphatic hydroxyl groups excluding tert-OH is 2. The van der Waals surface area contributed by atoms with E-state index < -0.39 is 11.0 Å². The Morgan fingerprint density at radius 1 is 1.48 bits per heavy atom. The molecule has 8 heteroatoms. The first-order valence-electron chi connectivity index (χ1n) is 7.07. The zero-order valence-corrected chi connectivity index (χ0v) is 12.7. The lowest BCUT2D eigenvalue weighted by Gasteiger charge is -2.17. The fraction of sp³-hybridized carbons (Fsp3) is 0.769. The normalized spacial score (nSPS) is 14.1. The van der Waals surface area contributed by atoms with Crippen molar-refractivity contribution in [3.63, 3.8) is 0 Å². The highest BCUT2D eigenvalue weighted by molar-refractivity contribution is 5.39. The zero-order chi connectivity index (χ0) is 16.0. The molecule has 0 aromatic carbocycles. The first kappa shape index (κ1) is 17.5. The highest BCUT2D eigenvalue weighted by atomic mass is 16.6. The van der Waals surface area contributed by atoms with Gasteiger partial charge in [0.1, 0.15) is 11.4 Å². The van der Waals surface area contributed by atoms with Crippen molar-refractivity contribution in [1.82, 2.24) is 15.1 Å². The maximum absolute atomic E-state index is 10.9. The largest absolute Gasteiger partial charge is 0.396 e. The minimum Gasteiger partial charge on any atom is -0.396 e. The lowest BCUT2D eigenvalue weighted by atomic mass is 10.2. The summed E-state index contributed by atoms with van der Waals surface area (Å²) >= 11 is 0. The van der Waals surface area contributed by atoms with Gasteiger partial charge in [0.05, 0.1) is 17.6 Å². The second-order valence-electron chi connectivity index (χ2n) is 5.29. The number of rotatable bonds is 9. The lowest BCUT2D eigenvalue weighted by Crippen LogP contribution is -2.36. The summed E-state index contributed by atoms with van der Waals surface area (Å²) in [6.07, 6.45) is 0.863. The molecule has 0 aliphatic carbocycles. The van der Waals surface area contributed by atoms with Crippen LogP contribution in [0.25, 0.3) is 0 Å². The third-order valence-electron chi connectivity index (χ3n) is 3.41. The predicted octanol–water partition coefficient (Wildman–Crippen LogP) is 0.520. The van der Waals surface area contributed by atoms with E-state index >= 15 is 0 Å². The summed E-state index contributed by atoms with van der Waals surface area (Å²) in [5.41, 5.74) is 0.810. The van der Waals surface area contributed by atoms with Crippen LogP contribution in [-0.2, 0) is 6.54 Å². The Morgan fingerprint density at radius 2 is 2.14 bits per heavy atom. The number of aromatic nitrogens is 2. The van der Waals surface area contributed by atoms with Crippen molar-refractivity contribution in [3.05, 3.63) is 21.5 Å². The van der Waals surface area contributed by atoms with Crippen molar-refractivity contribution < 1.29 is 15.1 Å².